The predicted octanol–water partition coefficient (Wildman–Crippen LogP) is 0.389. The highest BCUT2D eigenvalue weighted by Gasteiger charge is 2.27. The van der Waals surface area contributed by atoms with E-state index in [0.717, 1.165) is 12.8 Å². The van der Waals surface area contributed by atoms with Crippen LogP contribution >= 0.6 is 0 Å². The lowest BCUT2D eigenvalue weighted by Gasteiger charge is -2.14. The van der Waals surface area contributed by atoms with Gasteiger partial charge in [-0.05, 0) is 12.8 Å². The average molecular weight is 250 g/mol. The highest BCUT2D eigenvalue weighted by Crippen LogP contribution is 2.32. The van der Waals surface area contributed by atoms with E-state index in [-0.39, 0.29) is 30.6 Å². The Bertz CT molecular complexity index is 583. The SMILES string of the molecule is Nc1nc(O)cc2c1ncn2[C@H]1CC[C@@H](CO)O1. The van der Waals surface area contributed by atoms with Crippen LogP contribution in [0.1, 0.15) is 19.1 Å². The van der Waals surface area contributed by atoms with Crippen molar-refractivity contribution in [3.8, 4) is 5.88 Å². The van der Waals surface area contributed by atoms with Gasteiger partial charge in [-0.2, -0.15) is 4.98 Å². The van der Waals surface area contributed by atoms with Gasteiger partial charge in [0.2, 0.25) is 5.88 Å². The molecule has 0 aliphatic carbocycles. The topological polar surface area (TPSA) is 106 Å². The largest absolute Gasteiger partial charge is 0.493 e. The van der Waals surface area contributed by atoms with Gasteiger partial charge in [-0.3, -0.25) is 0 Å². The first-order chi connectivity index (χ1) is 8.69. The number of fused-ring (bicyclic) bond motifs is 1. The molecule has 0 amide bonds. The van der Waals surface area contributed by atoms with E-state index in [9.17, 15) is 5.11 Å². The molecule has 3 rings (SSSR count). The van der Waals surface area contributed by atoms with Gasteiger partial charge in [0.05, 0.1) is 24.6 Å². The Morgan fingerprint density at radius 3 is 3.06 bits per heavy atom. The fraction of sp³-hybridized carbons (Fsp3) is 0.455. The van der Waals surface area contributed by atoms with Crippen LogP contribution < -0.4 is 5.73 Å². The summed E-state index contributed by atoms with van der Waals surface area (Å²) in [5.41, 5.74) is 6.92. The first-order valence-electron chi connectivity index (χ1n) is 5.77. The second-order valence-electron chi connectivity index (χ2n) is 4.36. The van der Waals surface area contributed by atoms with Crippen LogP contribution in [0.5, 0.6) is 5.88 Å². The van der Waals surface area contributed by atoms with Crippen LogP contribution in [0.15, 0.2) is 12.4 Å². The van der Waals surface area contributed by atoms with Gasteiger partial charge in [-0.1, -0.05) is 0 Å². The smallest absolute Gasteiger partial charge is 0.214 e. The van der Waals surface area contributed by atoms with Crippen molar-refractivity contribution in [3.05, 3.63) is 12.4 Å². The summed E-state index contributed by atoms with van der Waals surface area (Å²) < 4.78 is 7.48. The van der Waals surface area contributed by atoms with Crippen molar-refractivity contribution in [2.75, 3.05) is 12.3 Å². The van der Waals surface area contributed by atoms with Gasteiger partial charge in [0.1, 0.15) is 11.7 Å². The van der Waals surface area contributed by atoms with Crippen molar-refractivity contribution >= 4 is 16.9 Å². The number of aliphatic hydroxyl groups excluding tert-OH is 1. The quantitative estimate of drug-likeness (QED) is 0.711. The fourth-order valence-electron chi connectivity index (χ4n) is 2.30. The van der Waals surface area contributed by atoms with E-state index in [1.807, 2.05) is 4.57 Å². The number of nitrogens with two attached hydrogens (primary N) is 1. The summed E-state index contributed by atoms with van der Waals surface area (Å²) >= 11 is 0. The van der Waals surface area contributed by atoms with E-state index in [1.54, 1.807) is 6.33 Å². The molecule has 2 aromatic heterocycles. The summed E-state index contributed by atoms with van der Waals surface area (Å²) in [5, 5.41) is 18.5. The van der Waals surface area contributed by atoms with Gasteiger partial charge in [0.15, 0.2) is 5.82 Å². The third-order valence-corrected chi connectivity index (χ3v) is 3.17. The molecule has 1 saturated heterocycles. The maximum absolute atomic E-state index is 9.48. The highest BCUT2D eigenvalue weighted by molar-refractivity contribution is 5.85. The highest BCUT2D eigenvalue weighted by atomic mass is 16.5. The van der Waals surface area contributed by atoms with Gasteiger partial charge < -0.3 is 25.3 Å². The summed E-state index contributed by atoms with van der Waals surface area (Å²) in [6.07, 6.45) is 2.88. The lowest BCUT2D eigenvalue weighted by molar-refractivity contribution is -0.0204. The normalized spacial score (nSPS) is 23.8. The second-order valence-corrected chi connectivity index (χ2v) is 4.36. The number of nitrogens with zero attached hydrogens (tertiary/aromatic N) is 3. The number of aromatic nitrogens is 3. The number of aliphatic hydroxyl groups is 1. The summed E-state index contributed by atoms with van der Waals surface area (Å²) in [5.74, 6) is 0.0545. The molecule has 1 aliphatic heterocycles. The molecule has 0 aromatic carbocycles. The van der Waals surface area contributed by atoms with E-state index in [1.165, 1.54) is 6.07 Å². The minimum atomic E-state index is -0.187. The van der Waals surface area contributed by atoms with Crippen LogP contribution in [-0.2, 0) is 4.74 Å². The molecule has 0 bridgehead atoms. The van der Waals surface area contributed by atoms with Gasteiger partial charge in [-0.25, -0.2) is 4.98 Å². The first kappa shape index (κ1) is 11.2. The summed E-state index contributed by atoms with van der Waals surface area (Å²) in [6.45, 7) is 0.0120. The van der Waals surface area contributed by atoms with Crippen molar-refractivity contribution in [3.63, 3.8) is 0 Å². The summed E-state index contributed by atoms with van der Waals surface area (Å²) in [4.78, 5) is 7.93. The minimum Gasteiger partial charge on any atom is -0.493 e. The molecule has 0 saturated carbocycles. The number of aromatic hydroxyl groups is 1. The molecule has 0 spiro atoms. The molecule has 1 fully saturated rings. The van der Waals surface area contributed by atoms with Crippen LogP contribution in [0.4, 0.5) is 5.82 Å². The van der Waals surface area contributed by atoms with E-state index >= 15 is 0 Å². The van der Waals surface area contributed by atoms with Crippen LogP contribution in [-0.4, -0.2) is 37.5 Å². The van der Waals surface area contributed by atoms with Crippen molar-refractivity contribution in [2.45, 2.75) is 25.2 Å². The van der Waals surface area contributed by atoms with E-state index in [0.29, 0.717) is 11.0 Å². The number of ether oxygens (including phenoxy) is 1. The summed E-state index contributed by atoms with van der Waals surface area (Å²) in [7, 11) is 0. The molecule has 96 valence electrons. The number of anilines is 1. The van der Waals surface area contributed by atoms with Gasteiger partial charge in [-0.15, -0.1) is 0 Å². The van der Waals surface area contributed by atoms with Crippen LogP contribution in [0.3, 0.4) is 0 Å². The van der Waals surface area contributed by atoms with Gasteiger partial charge in [0.25, 0.3) is 0 Å². The molecule has 4 N–H and O–H groups in total. The molecule has 0 unspecified atom stereocenters. The number of imidazole rings is 1. The second kappa shape index (κ2) is 4.11. The average Bonchev–Trinajstić information content (AvgIpc) is 2.93. The van der Waals surface area contributed by atoms with E-state index < -0.39 is 0 Å². The molecule has 7 heteroatoms. The Morgan fingerprint density at radius 2 is 2.33 bits per heavy atom. The Labute approximate surface area is 103 Å². The number of rotatable bonds is 2. The van der Waals surface area contributed by atoms with Gasteiger partial charge >= 0.3 is 0 Å². The van der Waals surface area contributed by atoms with Crippen molar-refractivity contribution in [2.24, 2.45) is 0 Å². The Hall–Kier alpha value is -1.86. The van der Waals surface area contributed by atoms with Crippen LogP contribution in [0.2, 0.25) is 0 Å². The monoisotopic (exact) mass is 250 g/mol. The molecule has 7 nitrogen and oxygen atoms in total. The Balaban J connectivity index is 2.03. The third-order valence-electron chi connectivity index (χ3n) is 3.17. The zero-order valence-corrected chi connectivity index (χ0v) is 9.65. The molecule has 1 aliphatic rings. The van der Waals surface area contributed by atoms with E-state index in [2.05, 4.69) is 9.97 Å². The Morgan fingerprint density at radius 1 is 1.50 bits per heavy atom. The minimum absolute atomic E-state index is 0.0120. The third kappa shape index (κ3) is 1.68. The van der Waals surface area contributed by atoms with Crippen LogP contribution in [0.25, 0.3) is 11.0 Å². The maximum Gasteiger partial charge on any atom is 0.214 e. The zero-order valence-electron chi connectivity index (χ0n) is 9.65. The van der Waals surface area contributed by atoms with Crippen molar-refractivity contribution in [1.82, 2.24) is 14.5 Å². The molecule has 0 radical (unpaired) electrons. The fourth-order valence-corrected chi connectivity index (χ4v) is 2.30. The number of hydrogen-bond acceptors (Lipinski definition) is 6. The standard InChI is InChI=1S/C11H14N4O3/c12-11-10-7(3-8(17)14-11)15(5-13-10)9-2-1-6(4-16)18-9/h3,5-6,9,16H,1-2,4H2,(H3,12,14,17)/t6-,9+/m0/s1. The first-order valence-corrected chi connectivity index (χ1v) is 5.77. The molecule has 3 heterocycles. The van der Waals surface area contributed by atoms with Crippen LogP contribution in [0, 0.1) is 0 Å². The maximum atomic E-state index is 9.48. The zero-order chi connectivity index (χ0) is 12.7. The lowest BCUT2D eigenvalue weighted by atomic mass is 10.2. The molecular weight excluding hydrogens is 236 g/mol. The van der Waals surface area contributed by atoms with Gasteiger partial charge in [0, 0.05) is 6.07 Å². The molecule has 18 heavy (non-hydrogen) atoms. The Kier molecular flexibility index (Phi) is 2.57. The molecule has 2 aromatic rings. The van der Waals surface area contributed by atoms with E-state index in [4.69, 9.17) is 15.6 Å². The molecular formula is C11H14N4O3. The number of hydrogen-bond donors (Lipinski definition) is 3. The summed E-state index contributed by atoms with van der Waals surface area (Å²) in [6, 6.07) is 1.51. The van der Waals surface area contributed by atoms with Crippen molar-refractivity contribution < 1.29 is 14.9 Å². The molecule has 2 atom stereocenters. The van der Waals surface area contributed by atoms with Crippen molar-refractivity contribution in [1.29, 1.82) is 0 Å². The number of pyridine rings is 1. The number of nitrogen functional groups attached to an aromatic ring is 1. The lowest BCUT2D eigenvalue weighted by Crippen LogP contribution is -2.13. The predicted molar refractivity (Wildman–Crippen MR) is 63.8 cm³/mol.